The number of benzene rings is 2. The van der Waals surface area contributed by atoms with Gasteiger partial charge in [0.1, 0.15) is 11.6 Å². The molecule has 1 heterocycles. The molecular formula is C20H19BrFN3O4. The summed E-state index contributed by atoms with van der Waals surface area (Å²) in [7, 11) is 0. The fraction of sp³-hybridized carbons (Fsp3) is 0.250. The van der Waals surface area contributed by atoms with Crippen molar-refractivity contribution in [3.63, 3.8) is 0 Å². The molecule has 0 radical (unpaired) electrons. The van der Waals surface area contributed by atoms with Crippen LogP contribution in [-0.4, -0.2) is 55.8 Å². The van der Waals surface area contributed by atoms with E-state index in [1.165, 1.54) is 30.5 Å². The standard InChI is InChI=1S/C20H19BrFN3O4/c21-17-11-14(12-23-24-20(27)15-2-4-16(22)5-3-15)1-6-18(17)29-13-19(26)25-7-9-28-10-8-25/h1-6,11-12H,7-10,13H2,(H,24,27)/b23-12-. The van der Waals surface area contributed by atoms with Gasteiger partial charge < -0.3 is 14.4 Å². The van der Waals surface area contributed by atoms with Crippen LogP contribution in [0.15, 0.2) is 52.0 Å². The van der Waals surface area contributed by atoms with Crippen molar-refractivity contribution in [3.05, 3.63) is 63.9 Å². The topological polar surface area (TPSA) is 80.2 Å². The van der Waals surface area contributed by atoms with Crippen LogP contribution in [-0.2, 0) is 9.53 Å². The summed E-state index contributed by atoms with van der Waals surface area (Å²) in [5.74, 6) is -0.417. The highest BCUT2D eigenvalue weighted by Gasteiger charge is 2.17. The molecule has 29 heavy (non-hydrogen) atoms. The minimum atomic E-state index is -0.443. The van der Waals surface area contributed by atoms with Crippen molar-refractivity contribution in [2.75, 3.05) is 32.9 Å². The van der Waals surface area contributed by atoms with Gasteiger partial charge in [-0.1, -0.05) is 0 Å². The Hall–Kier alpha value is -2.78. The largest absolute Gasteiger partial charge is 0.483 e. The van der Waals surface area contributed by atoms with Gasteiger partial charge in [-0.05, 0) is 64.0 Å². The number of carbonyl (C=O) groups excluding carboxylic acids is 2. The first-order chi connectivity index (χ1) is 14.0. The minimum Gasteiger partial charge on any atom is -0.483 e. The lowest BCUT2D eigenvalue weighted by Crippen LogP contribution is -2.43. The number of ether oxygens (including phenoxy) is 2. The van der Waals surface area contributed by atoms with Crippen molar-refractivity contribution in [1.82, 2.24) is 10.3 Å². The highest BCUT2D eigenvalue weighted by Crippen LogP contribution is 2.25. The summed E-state index contributed by atoms with van der Waals surface area (Å²) >= 11 is 3.40. The van der Waals surface area contributed by atoms with Crippen LogP contribution in [0.2, 0.25) is 0 Å². The van der Waals surface area contributed by atoms with E-state index in [1.807, 2.05) is 0 Å². The molecular weight excluding hydrogens is 445 g/mol. The summed E-state index contributed by atoms with van der Waals surface area (Å²) in [5, 5.41) is 3.89. The lowest BCUT2D eigenvalue weighted by atomic mass is 10.2. The van der Waals surface area contributed by atoms with E-state index in [-0.39, 0.29) is 12.5 Å². The Bertz CT molecular complexity index is 899. The molecule has 2 aromatic carbocycles. The Morgan fingerprint density at radius 1 is 1.21 bits per heavy atom. The molecule has 0 saturated carbocycles. The Morgan fingerprint density at radius 2 is 1.93 bits per heavy atom. The molecule has 0 bridgehead atoms. The van der Waals surface area contributed by atoms with E-state index in [0.29, 0.717) is 47.7 Å². The van der Waals surface area contributed by atoms with Crippen molar-refractivity contribution in [1.29, 1.82) is 0 Å². The molecule has 7 nitrogen and oxygen atoms in total. The van der Waals surface area contributed by atoms with Crippen LogP contribution in [0.3, 0.4) is 0 Å². The average molecular weight is 464 g/mol. The lowest BCUT2D eigenvalue weighted by molar-refractivity contribution is -0.137. The molecule has 0 spiro atoms. The van der Waals surface area contributed by atoms with Gasteiger partial charge in [-0.3, -0.25) is 9.59 Å². The maximum Gasteiger partial charge on any atom is 0.271 e. The number of nitrogens with one attached hydrogen (secondary N) is 1. The first-order valence-electron chi connectivity index (χ1n) is 8.90. The number of halogens is 2. The first-order valence-corrected chi connectivity index (χ1v) is 9.69. The van der Waals surface area contributed by atoms with Gasteiger partial charge in [0.25, 0.3) is 11.8 Å². The van der Waals surface area contributed by atoms with Crippen LogP contribution in [0.5, 0.6) is 5.75 Å². The Kier molecular flexibility index (Phi) is 7.31. The van der Waals surface area contributed by atoms with E-state index in [9.17, 15) is 14.0 Å². The maximum atomic E-state index is 12.9. The summed E-state index contributed by atoms with van der Waals surface area (Å²) in [4.78, 5) is 25.8. The third kappa shape index (κ3) is 6.10. The van der Waals surface area contributed by atoms with Crippen molar-refractivity contribution < 1.29 is 23.5 Å². The number of hydrogen-bond acceptors (Lipinski definition) is 5. The van der Waals surface area contributed by atoms with Crippen LogP contribution in [0.1, 0.15) is 15.9 Å². The summed E-state index contributed by atoms with van der Waals surface area (Å²) in [6, 6.07) is 10.4. The summed E-state index contributed by atoms with van der Waals surface area (Å²) in [6.07, 6.45) is 1.47. The zero-order valence-electron chi connectivity index (χ0n) is 15.4. The molecule has 0 aliphatic carbocycles. The van der Waals surface area contributed by atoms with Crippen LogP contribution in [0, 0.1) is 5.82 Å². The normalized spacial score (nSPS) is 14.1. The van der Waals surface area contributed by atoms with Crippen LogP contribution >= 0.6 is 15.9 Å². The van der Waals surface area contributed by atoms with Gasteiger partial charge in [-0.25, -0.2) is 9.82 Å². The van der Waals surface area contributed by atoms with E-state index in [0.717, 1.165) is 0 Å². The molecule has 1 fully saturated rings. The number of nitrogens with zero attached hydrogens (tertiary/aromatic N) is 2. The highest BCUT2D eigenvalue weighted by atomic mass is 79.9. The van der Waals surface area contributed by atoms with Gasteiger partial charge in [0.15, 0.2) is 6.61 Å². The van der Waals surface area contributed by atoms with Crippen molar-refractivity contribution in [2.45, 2.75) is 0 Å². The zero-order chi connectivity index (χ0) is 20.6. The molecule has 1 aliphatic rings. The third-order valence-electron chi connectivity index (χ3n) is 4.16. The second kappa shape index (κ2) is 10.1. The fourth-order valence-corrected chi connectivity index (χ4v) is 3.10. The van der Waals surface area contributed by atoms with Gasteiger partial charge in [0.2, 0.25) is 0 Å². The third-order valence-corrected chi connectivity index (χ3v) is 4.78. The molecule has 1 saturated heterocycles. The average Bonchev–Trinajstić information content (AvgIpc) is 2.74. The van der Waals surface area contributed by atoms with E-state index >= 15 is 0 Å². The van der Waals surface area contributed by atoms with E-state index in [4.69, 9.17) is 9.47 Å². The second-order valence-electron chi connectivity index (χ2n) is 6.18. The summed E-state index contributed by atoms with van der Waals surface area (Å²) in [5.41, 5.74) is 3.39. The van der Waals surface area contributed by atoms with E-state index in [1.54, 1.807) is 23.1 Å². The van der Waals surface area contributed by atoms with Gasteiger partial charge in [-0.15, -0.1) is 0 Å². The molecule has 9 heteroatoms. The molecule has 1 N–H and O–H groups in total. The molecule has 0 atom stereocenters. The molecule has 0 unspecified atom stereocenters. The van der Waals surface area contributed by atoms with Gasteiger partial charge in [0.05, 0.1) is 23.9 Å². The van der Waals surface area contributed by atoms with Gasteiger partial charge in [0, 0.05) is 18.7 Å². The SMILES string of the molecule is O=C(N/N=C\c1ccc(OCC(=O)N2CCOCC2)c(Br)c1)c1ccc(F)cc1. The number of rotatable bonds is 6. The molecule has 3 rings (SSSR count). The number of morpholine rings is 1. The summed E-state index contributed by atoms with van der Waals surface area (Å²) in [6.45, 7) is 2.17. The maximum absolute atomic E-state index is 12.9. The monoisotopic (exact) mass is 463 g/mol. The molecule has 2 aromatic rings. The van der Waals surface area contributed by atoms with Crippen LogP contribution < -0.4 is 10.2 Å². The zero-order valence-corrected chi connectivity index (χ0v) is 17.0. The number of hydrogen-bond donors (Lipinski definition) is 1. The van der Waals surface area contributed by atoms with Crippen LogP contribution in [0.25, 0.3) is 0 Å². The Labute approximate surface area is 175 Å². The highest BCUT2D eigenvalue weighted by molar-refractivity contribution is 9.10. The number of hydrazone groups is 1. The van der Waals surface area contributed by atoms with Crippen molar-refractivity contribution in [2.24, 2.45) is 5.10 Å². The second-order valence-corrected chi connectivity index (χ2v) is 7.03. The van der Waals surface area contributed by atoms with Crippen LogP contribution in [0.4, 0.5) is 4.39 Å². The van der Waals surface area contributed by atoms with E-state index in [2.05, 4.69) is 26.5 Å². The predicted molar refractivity (Wildman–Crippen MR) is 108 cm³/mol. The first kappa shape index (κ1) is 20.9. The Balaban J connectivity index is 1.52. The summed E-state index contributed by atoms with van der Waals surface area (Å²) < 4.78 is 24.4. The van der Waals surface area contributed by atoms with E-state index < -0.39 is 11.7 Å². The van der Waals surface area contributed by atoms with Crippen molar-refractivity contribution in [3.8, 4) is 5.75 Å². The molecule has 1 aliphatic heterocycles. The predicted octanol–water partition coefficient (Wildman–Crippen LogP) is 2.59. The Morgan fingerprint density at radius 3 is 2.62 bits per heavy atom. The molecule has 0 aromatic heterocycles. The molecule has 152 valence electrons. The lowest BCUT2D eigenvalue weighted by Gasteiger charge is -2.26. The fourth-order valence-electron chi connectivity index (χ4n) is 2.59. The smallest absolute Gasteiger partial charge is 0.271 e. The van der Waals surface area contributed by atoms with Gasteiger partial charge >= 0.3 is 0 Å². The number of amides is 2. The molecule has 2 amide bonds. The quantitative estimate of drug-likeness (QED) is 0.527. The van der Waals surface area contributed by atoms with Crippen molar-refractivity contribution >= 4 is 34.0 Å². The number of carbonyl (C=O) groups is 2. The minimum absolute atomic E-state index is 0.0558. The van der Waals surface area contributed by atoms with Gasteiger partial charge in [-0.2, -0.15) is 5.10 Å².